The maximum absolute atomic E-state index is 9.17. The summed E-state index contributed by atoms with van der Waals surface area (Å²) in [6.45, 7) is 2.19. The van der Waals surface area contributed by atoms with Crippen LogP contribution in [0.2, 0.25) is 0 Å². The Morgan fingerprint density at radius 3 is 2.73 bits per heavy atom. The van der Waals surface area contributed by atoms with E-state index in [2.05, 4.69) is 23.9 Å². The molecule has 3 nitrogen and oxygen atoms in total. The summed E-state index contributed by atoms with van der Waals surface area (Å²) >= 11 is 0. The molecule has 3 heteroatoms. The van der Waals surface area contributed by atoms with Crippen molar-refractivity contribution in [3.05, 3.63) is 23.4 Å². The molecule has 1 aromatic rings. The van der Waals surface area contributed by atoms with Crippen LogP contribution in [-0.4, -0.2) is 23.2 Å². The Morgan fingerprint density at radius 2 is 2.20 bits per heavy atom. The summed E-state index contributed by atoms with van der Waals surface area (Å²) in [7, 11) is 2.08. The summed E-state index contributed by atoms with van der Waals surface area (Å²) < 4.78 is 0. The van der Waals surface area contributed by atoms with Crippen molar-refractivity contribution in [3.63, 3.8) is 0 Å². The summed E-state index contributed by atoms with van der Waals surface area (Å²) in [5.41, 5.74) is 2.02. The molecule has 1 aliphatic carbocycles. The van der Waals surface area contributed by atoms with Gasteiger partial charge in [0.15, 0.2) is 0 Å². The lowest BCUT2D eigenvalue weighted by Crippen LogP contribution is -2.21. The molecule has 0 saturated heterocycles. The molecule has 0 aliphatic heterocycles. The number of aliphatic hydroxyl groups is 1. The molecule has 0 atom stereocenters. The molecule has 0 bridgehead atoms. The zero-order chi connectivity index (χ0) is 10.8. The van der Waals surface area contributed by atoms with Crippen LogP contribution in [0.3, 0.4) is 0 Å². The zero-order valence-electron chi connectivity index (χ0n) is 9.40. The largest absolute Gasteiger partial charge is 0.392 e. The van der Waals surface area contributed by atoms with Crippen LogP contribution in [0, 0.1) is 0 Å². The van der Waals surface area contributed by atoms with Crippen molar-refractivity contribution < 1.29 is 5.11 Å². The van der Waals surface area contributed by atoms with Gasteiger partial charge in [-0.3, -0.25) is 0 Å². The molecule has 0 spiro atoms. The lowest BCUT2D eigenvalue weighted by Gasteiger charge is -2.18. The van der Waals surface area contributed by atoms with Gasteiger partial charge < -0.3 is 10.0 Å². The average Bonchev–Trinajstić information content (AvgIpc) is 3.11. The van der Waals surface area contributed by atoms with Crippen molar-refractivity contribution >= 4 is 5.82 Å². The van der Waals surface area contributed by atoms with E-state index in [1.165, 1.54) is 12.8 Å². The highest BCUT2D eigenvalue weighted by molar-refractivity contribution is 5.44. The quantitative estimate of drug-likeness (QED) is 0.815. The fourth-order valence-electron chi connectivity index (χ4n) is 1.74. The van der Waals surface area contributed by atoms with E-state index >= 15 is 0 Å². The third-order valence-electron chi connectivity index (χ3n) is 2.93. The lowest BCUT2D eigenvalue weighted by molar-refractivity contribution is 0.281. The normalized spacial score (nSPS) is 15.4. The van der Waals surface area contributed by atoms with Gasteiger partial charge in [0.1, 0.15) is 5.82 Å². The van der Waals surface area contributed by atoms with Crippen LogP contribution >= 0.6 is 0 Å². The molecule has 0 radical (unpaired) electrons. The molecule has 1 fully saturated rings. The van der Waals surface area contributed by atoms with Gasteiger partial charge in [-0.25, -0.2) is 4.98 Å². The molecule has 0 amide bonds. The Morgan fingerprint density at radius 1 is 1.47 bits per heavy atom. The number of hydrogen-bond donors (Lipinski definition) is 1. The monoisotopic (exact) mass is 206 g/mol. The number of rotatable bonds is 4. The molecule has 0 unspecified atom stereocenters. The Balaban J connectivity index is 2.28. The van der Waals surface area contributed by atoms with Gasteiger partial charge in [-0.05, 0) is 37.0 Å². The highest BCUT2D eigenvalue weighted by Crippen LogP contribution is 2.29. The first-order valence-electron chi connectivity index (χ1n) is 5.58. The maximum Gasteiger partial charge on any atom is 0.129 e. The summed E-state index contributed by atoms with van der Waals surface area (Å²) in [5, 5.41) is 9.17. The van der Waals surface area contributed by atoms with E-state index in [9.17, 15) is 5.11 Å². The fourth-order valence-corrected chi connectivity index (χ4v) is 1.74. The Labute approximate surface area is 90.8 Å². The molecule has 15 heavy (non-hydrogen) atoms. The van der Waals surface area contributed by atoms with E-state index in [1.807, 2.05) is 12.1 Å². The molecule has 1 saturated carbocycles. The molecule has 82 valence electrons. The third-order valence-corrected chi connectivity index (χ3v) is 2.93. The van der Waals surface area contributed by atoms with Crippen LogP contribution in [0.4, 0.5) is 5.82 Å². The number of aryl methyl sites for hydroxylation is 1. The Kier molecular flexibility index (Phi) is 2.91. The van der Waals surface area contributed by atoms with Gasteiger partial charge in [-0.2, -0.15) is 0 Å². The first-order valence-corrected chi connectivity index (χ1v) is 5.58. The second-order valence-corrected chi connectivity index (χ2v) is 4.18. The molecule has 1 heterocycles. The molecule has 0 aromatic carbocycles. The number of aliphatic hydroxyl groups excluding tert-OH is 1. The van der Waals surface area contributed by atoms with E-state index in [-0.39, 0.29) is 6.61 Å². The smallest absolute Gasteiger partial charge is 0.129 e. The van der Waals surface area contributed by atoms with Crippen LogP contribution in [0.1, 0.15) is 31.0 Å². The minimum atomic E-state index is 0.0982. The SMILES string of the molecule is CCc1cc(CO)cc(N(C)C2CC2)n1. The van der Waals surface area contributed by atoms with Gasteiger partial charge in [0.05, 0.1) is 6.61 Å². The van der Waals surface area contributed by atoms with E-state index in [1.54, 1.807) is 0 Å². The van der Waals surface area contributed by atoms with E-state index in [4.69, 9.17) is 0 Å². The van der Waals surface area contributed by atoms with Crippen LogP contribution in [0.5, 0.6) is 0 Å². The topological polar surface area (TPSA) is 36.4 Å². The predicted octanol–water partition coefficient (Wildman–Crippen LogP) is 1.73. The van der Waals surface area contributed by atoms with Crippen molar-refractivity contribution in [2.45, 2.75) is 38.8 Å². The van der Waals surface area contributed by atoms with Crippen LogP contribution < -0.4 is 4.90 Å². The van der Waals surface area contributed by atoms with Crippen molar-refractivity contribution in [2.24, 2.45) is 0 Å². The second kappa shape index (κ2) is 4.19. The average molecular weight is 206 g/mol. The number of hydrogen-bond acceptors (Lipinski definition) is 3. The van der Waals surface area contributed by atoms with Crippen molar-refractivity contribution in [2.75, 3.05) is 11.9 Å². The summed E-state index contributed by atoms with van der Waals surface area (Å²) in [5.74, 6) is 1.00. The second-order valence-electron chi connectivity index (χ2n) is 4.18. The lowest BCUT2D eigenvalue weighted by atomic mass is 10.2. The number of nitrogens with zero attached hydrogens (tertiary/aromatic N) is 2. The van der Waals surface area contributed by atoms with Crippen molar-refractivity contribution in [3.8, 4) is 0 Å². The number of anilines is 1. The Bertz CT molecular complexity index is 325. The van der Waals surface area contributed by atoms with E-state index in [0.29, 0.717) is 6.04 Å². The first-order chi connectivity index (χ1) is 7.24. The number of aromatic nitrogens is 1. The minimum absolute atomic E-state index is 0.0982. The van der Waals surface area contributed by atoms with Gasteiger partial charge in [0.25, 0.3) is 0 Å². The van der Waals surface area contributed by atoms with Crippen molar-refractivity contribution in [1.29, 1.82) is 0 Å². The molecule has 1 aromatic heterocycles. The summed E-state index contributed by atoms with van der Waals surface area (Å²) in [6, 6.07) is 4.62. The fraction of sp³-hybridized carbons (Fsp3) is 0.583. The minimum Gasteiger partial charge on any atom is -0.392 e. The van der Waals surface area contributed by atoms with Crippen LogP contribution in [0.15, 0.2) is 12.1 Å². The zero-order valence-corrected chi connectivity index (χ0v) is 9.40. The maximum atomic E-state index is 9.17. The third kappa shape index (κ3) is 2.29. The van der Waals surface area contributed by atoms with Gasteiger partial charge >= 0.3 is 0 Å². The molecule has 1 aliphatic rings. The molecule has 2 rings (SSSR count). The van der Waals surface area contributed by atoms with E-state index < -0.39 is 0 Å². The molecule has 1 N–H and O–H groups in total. The van der Waals surface area contributed by atoms with Crippen LogP contribution in [-0.2, 0) is 13.0 Å². The van der Waals surface area contributed by atoms with Gasteiger partial charge in [-0.1, -0.05) is 6.92 Å². The molecular formula is C12H18N2O. The number of pyridine rings is 1. The molecular weight excluding hydrogens is 188 g/mol. The van der Waals surface area contributed by atoms with Crippen molar-refractivity contribution in [1.82, 2.24) is 4.98 Å². The Hall–Kier alpha value is -1.09. The standard InChI is InChI=1S/C12H18N2O/c1-3-10-6-9(8-15)7-12(13-10)14(2)11-4-5-11/h6-7,11,15H,3-5,8H2,1-2H3. The summed E-state index contributed by atoms with van der Waals surface area (Å²) in [4.78, 5) is 6.80. The van der Waals surface area contributed by atoms with Gasteiger partial charge in [0.2, 0.25) is 0 Å². The van der Waals surface area contributed by atoms with Crippen LogP contribution in [0.25, 0.3) is 0 Å². The highest BCUT2D eigenvalue weighted by Gasteiger charge is 2.27. The van der Waals surface area contributed by atoms with Gasteiger partial charge in [-0.15, -0.1) is 0 Å². The highest BCUT2D eigenvalue weighted by atomic mass is 16.3. The first kappa shape index (κ1) is 10.4. The predicted molar refractivity (Wildman–Crippen MR) is 61.0 cm³/mol. The summed E-state index contributed by atoms with van der Waals surface area (Å²) in [6.07, 6.45) is 3.45. The van der Waals surface area contributed by atoms with Gasteiger partial charge in [0, 0.05) is 18.8 Å². The van der Waals surface area contributed by atoms with E-state index in [0.717, 1.165) is 23.5 Å².